The number of benzene rings is 11. The van der Waals surface area contributed by atoms with Gasteiger partial charge in [-0.05, 0) is 117 Å². The fourth-order valence-electron chi connectivity index (χ4n) is 12.0. The monoisotopic (exact) mass is 897 g/mol. The zero-order chi connectivity index (χ0) is 46.2. The summed E-state index contributed by atoms with van der Waals surface area (Å²) in [4.78, 5) is 2.38. The van der Waals surface area contributed by atoms with Crippen LogP contribution in [-0.4, -0.2) is 9.13 Å². The van der Waals surface area contributed by atoms with Gasteiger partial charge >= 0.3 is 0 Å². The Hall–Kier alpha value is -9.06. The van der Waals surface area contributed by atoms with E-state index in [4.69, 9.17) is 8.83 Å². The molecule has 0 bridgehead atoms. The third-order valence-electron chi connectivity index (χ3n) is 15.1. The molecule has 1 atom stereocenters. The van der Waals surface area contributed by atoms with Crippen molar-refractivity contribution in [3.8, 4) is 0 Å². The first-order chi connectivity index (χ1) is 34.5. The molecule has 0 saturated heterocycles. The van der Waals surface area contributed by atoms with Crippen LogP contribution >= 0.6 is 0 Å². The van der Waals surface area contributed by atoms with E-state index >= 15 is 0 Å². The summed E-state index contributed by atoms with van der Waals surface area (Å²) in [6, 6.07) is 79.3. The molecular weight excluding hydrogens is 855 g/mol. The van der Waals surface area contributed by atoms with Gasteiger partial charge in [0.1, 0.15) is 22.3 Å². The lowest BCUT2D eigenvalue weighted by Crippen LogP contribution is -2.11. The summed E-state index contributed by atoms with van der Waals surface area (Å²) in [5, 5.41) is 13.9. The van der Waals surface area contributed by atoms with Gasteiger partial charge in [-0.25, -0.2) is 0 Å². The van der Waals surface area contributed by atoms with E-state index in [1.54, 1.807) is 0 Å². The molecule has 0 aliphatic carbocycles. The molecular formula is C65H43N3O2. The Bertz CT molecular complexity index is 4330. The zero-order valence-corrected chi connectivity index (χ0v) is 38.5. The maximum Gasteiger partial charge on any atom is 0.136 e. The first kappa shape index (κ1) is 39.0. The van der Waals surface area contributed by atoms with Crippen molar-refractivity contribution in [2.24, 2.45) is 14.1 Å². The molecule has 0 saturated carbocycles. The van der Waals surface area contributed by atoms with Crippen LogP contribution < -0.4 is 4.90 Å². The van der Waals surface area contributed by atoms with Crippen molar-refractivity contribution >= 4 is 126 Å². The molecule has 0 fully saturated rings. The number of hydrogen-bond donors (Lipinski definition) is 0. The first-order valence-electron chi connectivity index (χ1n) is 24.1. The van der Waals surface area contributed by atoms with Crippen molar-refractivity contribution in [3.05, 3.63) is 235 Å². The number of fused-ring (bicyclic) bond motifs is 15. The summed E-state index contributed by atoms with van der Waals surface area (Å²) < 4.78 is 18.2. The third kappa shape index (κ3) is 5.60. The van der Waals surface area contributed by atoms with E-state index in [1.807, 2.05) is 0 Å². The standard InChI is InChI=1S/C65H43N3O2/c1-66-54-24-11-9-19-47(54)49-21-13-23-51(64(49)66)61(39-15-5-3-6-16-39)42-28-27-40-35-52-59(37-43(40)33-42)69-57-31-32-58-63(62(52)57)53-36-41-29-30-46(34-44(41)38-60(53)70-58)68(45-17-7-4-8-18-45)56-26-14-22-50-48-20-10-12-25-55(48)67(2)65(50)56/h3-38,61H,1-2H3. The Kier molecular flexibility index (Phi) is 8.20. The number of hydrogen-bond acceptors (Lipinski definition) is 3. The Labute approximate surface area is 402 Å². The molecule has 1 unspecified atom stereocenters. The quantitative estimate of drug-likeness (QED) is 0.156. The van der Waals surface area contributed by atoms with Gasteiger partial charge in [0.05, 0.1) is 16.7 Å². The van der Waals surface area contributed by atoms with E-state index in [-0.39, 0.29) is 5.92 Å². The molecule has 15 aromatic rings. The van der Waals surface area contributed by atoms with Crippen molar-refractivity contribution in [1.82, 2.24) is 9.13 Å². The molecule has 11 aromatic carbocycles. The maximum atomic E-state index is 6.78. The third-order valence-corrected chi connectivity index (χ3v) is 15.1. The second-order valence-electron chi connectivity index (χ2n) is 18.9. The summed E-state index contributed by atoms with van der Waals surface area (Å²) >= 11 is 0. The predicted molar refractivity (Wildman–Crippen MR) is 292 cm³/mol. The van der Waals surface area contributed by atoms with Crippen LogP contribution in [0.1, 0.15) is 22.6 Å². The Balaban J connectivity index is 0.872. The summed E-state index contributed by atoms with van der Waals surface area (Å²) in [5.74, 6) is 0.0199. The van der Waals surface area contributed by atoms with E-state index in [2.05, 4.69) is 247 Å². The van der Waals surface area contributed by atoms with Gasteiger partial charge in [0.15, 0.2) is 0 Å². The van der Waals surface area contributed by atoms with Crippen LogP contribution in [0.5, 0.6) is 0 Å². The van der Waals surface area contributed by atoms with E-state index in [0.717, 1.165) is 77.1 Å². The molecule has 5 heteroatoms. The molecule has 4 aromatic heterocycles. The summed E-state index contributed by atoms with van der Waals surface area (Å²) in [6.45, 7) is 0. The highest BCUT2D eigenvalue weighted by molar-refractivity contribution is 6.28. The maximum absolute atomic E-state index is 6.78. The highest BCUT2D eigenvalue weighted by Crippen LogP contribution is 2.46. The Morgan fingerprint density at radius 3 is 1.57 bits per heavy atom. The minimum absolute atomic E-state index is 0.0199. The van der Waals surface area contributed by atoms with E-state index in [0.29, 0.717) is 0 Å². The minimum Gasteiger partial charge on any atom is -0.456 e. The topological polar surface area (TPSA) is 39.4 Å². The van der Waals surface area contributed by atoms with Crippen LogP contribution in [0.2, 0.25) is 0 Å². The van der Waals surface area contributed by atoms with Gasteiger partial charge in [-0.15, -0.1) is 0 Å². The lowest BCUT2D eigenvalue weighted by Gasteiger charge is -2.27. The van der Waals surface area contributed by atoms with E-state index in [1.165, 1.54) is 65.7 Å². The van der Waals surface area contributed by atoms with Crippen LogP contribution in [0.25, 0.3) is 109 Å². The lowest BCUT2D eigenvalue weighted by atomic mass is 9.83. The number of para-hydroxylation sites is 5. The molecule has 70 heavy (non-hydrogen) atoms. The lowest BCUT2D eigenvalue weighted by molar-refractivity contribution is 0.663. The molecule has 0 N–H and O–H groups in total. The first-order valence-corrected chi connectivity index (χ1v) is 24.1. The van der Waals surface area contributed by atoms with E-state index < -0.39 is 0 Å². The molecule has 0 spiro atoms. The second kappa shape index (κ2) is 14.7. The molecule has 0 aliphatic rings. The fraction of sp³-hybridized carbons (Fsp3) is 0.0462. The number of rotatable bonds is 6. The van der Waals surface area contributed by atoms with Crippen LogP contribution in [0, 0.1) is 0 Å². The zero-order valence-electron chi connectivity index (χ0n) is 38.5. The Morgan fingerprint density at radius 1 is 0.357 bits per heavy atom. The van der Waals surface area contributed by atoms with Gasteiger partial charge in [0, 0.05) is 85.5 Å². The van der Waals surface area contributed by atoms with Gasteiger partial charge in [-0.1, -0.05) is 140 Å². The van der Waals surface area contributed by atoms with Gasteiger partial charge in [0.2, 0.25) is 0 Å². The van der Waals surface area contributed by atoms with Crippen molar-refractivity contribution in [2.75, 3.05) is 4.90 Å². The molecule has 0 amide bonds. The number of anilines is 3. The number of nitrogens with zero attached hydrogens (tertiary/aromatic N) is 3. The van der Waals surface area contributed by atoms with Crippen molar-refractivity contribution < 1.29 is 8.83 Å². The predicted octanol–water partition coefficient (Wildman–Crippen LogP) is 17.7. The summed E-state index contributed by atoms with van der Waals surface area (Å²) in [6.07, 6.45) is 0. The fourth-order valence-corrected chi connectivity index (χ4v) is 12.0. The van der Waals surface area contributed by atoms with Gasteiger partial charge in [0.25, 0.3) is 0 Å². The molecule has 4 heterocycles. The van der Waals surface area contributed by atoms with Crippen LogP contribution in [0.4, 0.5) is 17.1 Å². The average Bonchev–Trinajstić information content (AvgIpc) is 4.13. The van der Waals surface area contributed by atoms with Crippen molar-refractivity contribution in [3.63, 3.8) is 0 Å². The largest absolute Gasteiger partial charge is 0.456 e. The molecule has 5 nitrogen and oxygen atoms in total. The second-order valence-corrected chi connectivity index (χ2v) is 18.9. The number of furan rings is 2. The Morgan fingerprint density at radius 2 is 0.900 bits per heavy atom. The number of aryl methyl sites for hydroxylation is 2. The smallest absolute Gasteiger partial charge is 0.136 e. The van der Waals surface area contributed by atoms with Crippen LogP contribution in [-0.2, 0) is 14.1 Å². The normalized spacial score (nSPS) is 12.7. The molecule has 330 valence electrons. The molecule has 0 aliphatic heterocycles. The number of aromatic nitrogens is 2. The molecule has 0 radical (unpaired) electrons. The SMILES string of the molecule is Cn1c2ccccc2c2cccc(C(c3ccccc3)c3ccc4cc5c(cc4c3)oc3ccc4oc6cc7cc(N(c8ccccc8)c8cccc9c%10ccccc%10n(C)c89)ccc7cc6c4c35)c21. The van der Waals surface area contributed by atoms with Gasteiger partial charge in [-0.3, -0.25) is 0 Å². The highest BCUT2D eigenvalue weighted by atomic mass is 16.3. The van der Waals surface area contributed by atoms with E-state index in [9.17, 15) is 0 Å². The van der Waals surface area contributed by atoms with Crippen LogP contribution in [0.15, 0.2) is 227 Å². The highest BCUT2D eigenvalue weighted by Gasteiger charge is 2.25. The van der Waals surface area contributed by atoms with Gasteiger partial charge in [-0.2, -0.15) is 0 Å². The van der Waals surface area contributed by atoms with Crippen LogP contribution in [0.3, 0.4) is 0 Å². The average molecular weight is 898 g/mol. The molecule has 15 rings (SSSR count). The van der Waals surface area contributed by atoms with Crippen molar-refractivity contribution in [2.45, 2.75) is 5.92 Å². The van der Waals surface area contributed by atoms with Gasteiger partial charge < -0.3 is 22.9 Å². The van der Waals surface area contributed by atoms with Crippen molar-refractivity contribution in [1.29, 1.82) is 0 Å². The minimum atomic E-state index is 0.0199. The summed E-state index contributed by atoms with van der Waals surface area (Å²) in [7, 11) is 4.37. The summed E-state index contributed by atoms with van der Waals surface area (Å²) in [5.41, 5.74) is 15.4.